The molecule has 2 aromatic rings. The predicted octanol–water partition coefficient (Wildman–Crippen LogP) is 2.96. The average molecular weight is 429 g/mol. The van der Waals surface area contributed by atoms with Gasteiger partial charge >= 0.3 is 0 Å². The van der Waals surface area contributed by atoms with Gasteiger partial charge in [0.25, 0.3) is 5.91 Å². The molecule has 0 aliphatic carbocycles. The molecule has 1 aliphatic heterocycles. The molecule has 0 spiro atoms. The van der Waals surface area contributed by atoms with Crippen molar-refractivity contribution in [3.63, 3.8) is 0 Å². The standard InChI is InChI=1S/C22H28N4O3S/c1-15(2)20(28)24-22-23-18(14-30-22)13-19(27)25-8-5-9-26(11-10-25)21(29)17-7-4-6-16(3)12-17/h4,6-7,12,14-15H,5,8-11,13H2,1-3H3,(H,23,24,28). The number of thiazole rings is 1. The molecule has 8 heteroatoms. The van der Waals surface area contributed by atoms with Crippen LogP contribution in [0.3, 0.4) is 0 Å². The van der Waals surface area contributed by atoms with Gasteiger partial charge in [-0.15, -0.1) is 11.3 Å². The van der Waals surface area contributed by atoms with Crippen LogP contribution in [0.4, 0.5) is 5.13 Å². The van der Waals surface area contributed by atoms with E-state index in [0.29, 0.717) is 42.6 Å². The second kappa shape index (κ2) is 9.84. The van der Waals surface area contributed by atoms with Crippen LogP contribution < -0.4 is 5.32 Å². The highest BCUT2D eigenvalue weighted by Crippen LogP contribution is 2.18. The van der Waals surface area contributed by atoms with Gasteiger partial charge in [-0.1, -0.05) is 31.5 Å². The molecule has 2 heterocycles. The lowest BCUT2D eigenvalue weighted by Crippen LogP contribution is -2.38. The van der Waals surface area contributed by atoms with E-state index >= 15 is 0 Å². The van der Waals surface area contributed by atoms with E-state index in [1.165, 1.54) is 11.3 Å². The minimum absolute atomic E-state index is 0.00751. The fourth-order valence-electron chi connectivity index (χ4n) is 3.29. The molecule has 1 fully saturated rings. The summed E-state index contributed by atoms with van der Waals surface area (Å²) in [6, 6.07) is 7.59. The van der Waals surface area contributed by atoms with Crippen molar-refractivity contribution < 1.29 is 14.4 Å². The molecule has 0 atom stereocenters. The quantitative estimate of drug-likeness (QED) is 0.794. The van der Waals surface area contributed by atoms with E-state index < -0.39 is 0 Å². The van der Waals surface area contributed by atoms with Crippen molar-refractivity contribution in [1.82, 2.24) is 14.8 Å². The number of anilines is 1. The van der Waals surface area contributed by atoms with Crippen LogP contribution in [0, 0.1) is 12.8 Å². The maximum atomic E-state index is 12.8. The summed E-state index contributed by atoms with van der Waals surface area (Å²) in [5, 5.41) is 5.08. The number of amides is 3. The Morgan fingerprint density at radius 1 is 1.13 bits per heavy atom. The summed E-state index contributed by atoms with van der Waals surface area (Å²) in [5.74, 6) is -0.209. The third-order valence-corrected chi connectivity index (χ3v) is 5.85. The Hall–Kier alpha value is -2.74. The van der Waals surface area contributed by atoms with E-state index in [2.05, 4.69) is 10.3 Å². The molecule has 1 aliphatic rings. The van der Waals surface area contributed by atoms with E-state index in [4.69, 9.17) is 0 Å². The molecule has 1 N–H and O–H groups in total. The normalized spacial score (nSPS) is 14.5. The average Bonchev–Trinajstić information content (AvgIpc) is 2.99. The fraction of sp³-hybridized carbons (Fsp3) is 0.455. The van der Waals surface area contributed by atoms with Gasteiger partial charge in [-0.2, -0.15) is 0 Å². The van der Waals surface area contributed by atoms with Gasteiger partial charge in [-0.05, 0) is 25.5 Å². The van der Waals surface area contributed by atoms with Gasteiger partial charge in [0.15, 0.2) is 5.13 Å². The van der Waals surface area contributed by atoms with E-state index in [-0.39, 0.29) is 30.1 Å². The number of hydrogen-bond donors (Lipinski definition) is 1. The Labute approximate surface area is 181 Å². The second-order valence-corrected chi connectivity index (χ2v) is 8.72. The lowest BCUT2D eigenvalue weighted by molar-refractivity contribution is -0.130. The van der Waals surface area contributed by atoms with Crippen molar-refractivity contribution in [2.24, 2.45) is 5.92 Å². The number of aryl methyl sites for hydroxylation is 1. The summed E-state index contributed by atoms with van der Waals surface area (Å²) in [6.07, 6.45) is 0.940. The number of rotatable bonds is 5. The van der Waals surface area contributed by atoms with Crippen LogP contribution in [0.15, 0.2) is 29.6 Å². The molecule has 0 saturated carbocycles. The Morgan fingerprint density at radius 2 is 1.87 bits per heavy atom. The number of hydrogen-bond acceptors (Lipinski definition) is 5. The molecule has 3 amide bonds. The van der Waals surface area contributed by atoms with Crippen molar-refractivity contribution in [1.29, 1.82) is 0 Å². The molecule has 7 nitrogen and oxygen atoms in total. The summed E-state index contributed by atoms with van der Waals surface area (Å²) in [6.45, 7) is 7.90. The molecular weight excluding hydrogens is 400 g/mol. The van der Waals surface area contributed by atoms with Crippen molar-refractivity contribution in [2.75, 3.05) is 31.5 Å². The van der Waals surface area contributed by atoms with Gasteiger partial charge in [-0.25, -0.2) is 4.98 Å². The molecule has 1 aromatic carbocycles. The van der Waals surface area contributed by atoms with E-state index in [0.717, 1.165) is 12.0 Å². The monoisotopic (exact) mass is 428 g/mol. The molecule has 0 radical (unpaired) electrons. The first-order valence-corrected chi connectivity index (χ1v) is 11.1. The SMILES string of the molecule is Cc1cccc(C(=O)N2CCCN(C(=O)Cc3csc(NC(=O)C(C)C)n3)CC2)c1. The Balaban J connectivity index is 1.55. The zero-order valence-electron chi connectivity index (χ0n) is 17.7. The molecule has 3 rings (SSSR count). The molecule has 1 saturated heterocycles. The first kappa shape index (κ1) is 22.0. The summed E-state index contributed by atoms with van der Waals surface area (Å²) < 4.78 is 0. The van der Waals surface area contributed by atoms with Crippen LogP contribution >= 0.6 is 11.3 Å². The number of benzene rings is 1. The number of nitrogens with zero attached hydrogens (tertiary/aromatic N) is 3. The van der Waals surface area contributed by atoms with Crippen molar-refractivity contribution in [2.45, 2.75) is 33.6 Å². The molecule has 0 bridgehead atoms. The van der Waals surface area contributed by atoms with Crippen LogP contribution in [0.1, 0.15) is 41.9 Å². The molecule has 30 heavy (non-hydrogen) atoms. The summed E-state index contributed by atoms with van der Waals surface area (Å²) in [7, 11) is 0. The van der Waals surface area contributed by atoms with Gasteiger partial charge in [-0.3, -0.25) is 14.4 Å². The zero-order chi connectivity index (χ0) is 21.7. The maximum absolute atomic E-state index is 12.8. The first-order chi connectivity index (χ1) is 14.3. The molecule has 160 valence electrons. The Bertz CT molecular complexity index is 925. The minimum Gasteiger partial charge on any atom is -0.341 e. The van der Waals surface area contributed by atoms with E-state index in [1.54, 1.807) is 10.3 Å². The Morgan fingerprint density at radius 3 is 2.60 bits per heavy atom. The fourth-order valence-corrected chi connectivity index (χ4v) is 4.01. The van der Waals surface area contributed by atoms with Crippen LogP contribution in [0.25, 0.3) is 0 Å². The van der Waals surface area contributed by atoms with Gasteiger partial charge in [0.05, 0.1) is 12.1 Å². The molecule has 1 aromatic heterocycles. The summed E-state index contributed by atoms with van der Waals surface area (Å²) >= 11 is 1.32. The predicted molar refractivity (Wildman–Crippen MR) is 118 cm³/mol. The van der Waals surface area contributed by atoms with Crippen molar-refractivity contribution in [3.05, 3.63) is 46.5 Å². The lowest BCUT2D eigenvalue weighted by Gasteiger charge is -2.22. The highest BCUT2D eigenvalue weighted by molar-refractivity contribution is 7.13. The van der Waals surface area contributed by atoms with Gasteiger partial charge in [0.1, 0.15) is 0 Å². The summed E-state index contributed by atoms with van der Waals surface area (Å²) in [4.78, 5) is 45.3. The second-order valence-electron chi connectivity index (χ2n) is 7.86. The van der Waals surface area contributed by atoms with Crippen LogP contribution in [0.2, 0.25) is 0 Å². The topological polar surface area (TPSA) is 82.6 Å². The number of carbonyl (C=O) groups excluding carboxylic acids is 3. The van der Waals surface area contributed by atoms with Gasteiger partial charge in [0.2, 0.25) is 11.8 Å². The highest BCUT2D eigenvalue weighted by atomic mass is 32.1. The van der Waals surface area contributed by atoms with E-state index in [9.17, 15) is 14.4 Å². The maximum Gasteiger partial charge on any atom is 0.253 e. The summed E-state index contributed by atoms with van der Waals surface area (Å²) in [5.41, 5.74) is 2.40. The smallest absolute Gasteiger partial charge is 0.253 e. The molecular formula is C22H28N4O3S. The first-order valence-electron chi connectivity index (χ1n) is 10.2. The zero-order valence-corrected chi connectivity index (χ0v) is 18.5. The third-order valence-electron chi connectivity index (χ3n) is 5.04. The molecule has 0 unspecified atom stereocenters. The van der Waals surface area contributed by atoms with Crippen LogP contribution in [-0.4, -0.2) is 58.7 Å². The largest absolute Gasteiger partial charge is 0.341 e. The van der Waals surface area contributed by atoms with Gasteiger partial charge < -0.3 is 15.1 Å². The lowest BCUT2D eigenvalue weighted by atomic mass is 10.1. The third kappa shape index (κ3) is 5.66. The number of nitrogens with one attached hydrogen (secondary N) is 1. The number of aromatic nitrogens is 1. The van der Waals surface area contributed by atoms with Crippen LogP contribution in [-0.2, 0) is 16.0 Å². The highest BCUT2D eigenvalue weighted by Gasteiger charge is 2.23. The van der Waals surface area contributed by atoms with Crippen LogP contribution in [0.5, 0.6) is 0 Å². The minimum atomic E-state index is -0.124. The van der Waals surface area contributed by atoms with E-state index in [1.807, 2.05) is 49.9 Å². The Kier molecular flexibility index (Phi) is 7.20. The number of carbonyl (C=O) groups is 3. The van der Waals surface area contributed by atoms with Crippen molar-refractivity contribution >= 4 is 34.2 Å². The van der Waals surface area contributed by atoms with Gasteiger partial charge in [0, 0.05) is 43.0 Å². The van der Waals surface area contributed by atoms with Crippen molar-refractivity contribution in [3.8, 4) is 0 Å².